The van der Waals surface area contributed by atoms with Crippen LogP contribution in [0.1, 0.15) is 37.6 Å². The molecule has 160 valence electrons. The first-order chi connectivity index (χ1) is 14.6. The molecule has 7 heteroatoms. The molecule has 0 bridgehead atoms. The van der Waals surface area contributed by atoms with Crippen LogP contribution in [0.25, 0.3) is 22.6 Å². The third kappa shape index (κ3) is 4.86. The molecule has 2 aromatic carbocycles. The molecule has 1 aliphatic rings. The topological polar surface area (TPSA) is 78.0 Å². The number of hydrogen-bond acceptors (Lipinski definition) is 4. The second kappa shape index (κ2) is 8.17. The minimum Gasteiger partial charge on any atom is -0.459 e. The van der Waals surface area contributed by atoms with Crippen LogP contribution >= 0.6 is 27.5 Å². The smallest absolute Gasteiger partial charge is 0.325 e. The molecule has 3 N–H and O–H groups in total. The Morgan fingerprint density at radius 2 is 2.03 bits per heavy atom. The van der Waals surface area contributed by atoms with E-state index < -0.39 is 5.60 Å². The summed E-state index contributed by atoms with van der Waals surface area (Å²) in [5.74, 6) is -0.346. The lowest BCUT2D eigenvalue weighted by Crippen LogP contribution is -2.28. The maximum atomic E-state index is 12.0. The van der Waals surface area contributed by atoms with E-state index in [1.807, 2.05) is 57.2 Å². The van der Waals surface area contributed by atoms with E-state index in [-0.39, 0.29) is 12.5 Å². The molecular formula is C24H23BrClN3O2. The number of ether oxygens (including phenoxy) is 1. The number of carbonyl (C=O) groups excluding carboxylic acids is 1. The number of fused-ring (bicyclic) bond motifs is 2. The van der Waals surface area contributed by atoms with E-state index in [9.17, 15) is 4.79 Å². The number of halogens is 2. The summed E-state index contributed by atoms with van der Waals surface area (Å²) in [5, 5.41) is 13.3. The van der Waals surface area contributed by atoms with Gasteiger partial charge in [-0.3, -0.25) is 4.79 Å². The molecule has 3 aromatic rings. The third-order valence-electron chi connectivity index (χ3n) is 4.94. The van der Waals surface area contributed by atoms with Crippen LogP contribution in [0.3, 0.4) is 0 Å². The minimum atomic E-state index is -0.534. The predicted molar refractivity (Wildman–Crippen MR) is 131 cm³/mol. The summed E-state index contributed by atoms with van der Waals surface area (Å²) in [6.07, 6.45) is 2.48. The molecule has 0 saturated carbocycles. The van der Waals surface area contributed by atoms with Crippen molar-refractivity contribution in [3.63, 3.8) is 0 Å². The van der Waals surface area contributed by atoms with E-state index in [1.165, 1.54) is 0 Å². The molecule has 0 radical (unpaired) electrons. The van der Waals surface area contributed by atoms with Gasteiger partial charge in [0.25, 0.3) is 0 Å². The molecule has 1 aromatic heterocycles. The Labute approximate surface area is 194 Å². The Bertz CT molecular complexity index is 1240. The van der Waals surface area contributed by atoms with Crippen molar-refractivity contribution in [2.45, 2.75) is 32.8 Å². The summed E-state index contributed by atoms with van der Waals surface area (Å²) in [7, 11) is 0. The molecule has 1 aliphatic carbocycles. The lowest BCUT2D eigenvalue weighted by atomic mass is 9.89. The van der Waals surface area contributed by atoms with Crippen LogP contribution in [0.5, 0.6) is 0 Å². The summed E-state index contributed by atoms with van der Waals surface area (Å²) in [6.45, 7) is 5.52. The summed E-state index contributed by atoms with van der Waals surface area (Å²) >= 11 is 9.97. The molecule has 0 spiro atoms. The zero-order chi connectivity index (χ0) is 22.3. The van der Waals surface area contributed by atoms with Crippen LogP contribution in [-0.4, -0.2) is 28.8 Å². The fourth-order valence-corrected chi connectivity index (χ4v) is 4.21. The van der Waals surface area contributed by atoms with Gasteiger partial charge in [-0.15, -0.1) is 0 Å². The van der Waals surface area contributed by atoms with E-state index in [0.717, 1.165) is 37.8 Å². The number of H-pyrrole nitrogens is 1. The first-order valence-electron chi connectivity index (χ1n) is 9.95. The molecule has 5 nitrogen and oxygen atoms in total. The number of benzene rings is 2. The number of esters is 1. The number of anilines is 1. The van der Waals surface area contributed by atoms with Gasteiger partial charge in [-0.25, -0.2) is 0 Å². The lowest BCUT2D eigenvalue weighted by molar-refractivity contribution is -0.152. The van der Waals surface area contributed by atoms with Gasteiger partial charge in [0, 0.05) is 38.8 Å². The normalized spacial score (nSPS) is 13.7. The Morgan fingerprint density at radius 1 is 1.26 bits per heavy atom. The van der Waals surface area contributed by atoms with Gasteiger partial charge in [0.1, 0.15) is 12.1 Å². The third-order valence-corrected chi connectivity index (χ3v) is 5.74. The molecule has 0 aliphatic heterocycles. The maximum Gasteiger partial charge on any atom is 0.325 e. The van der Waals surface area contributed by atoms with Crippen LogP contribution in [0.15, 0.2) is 40.9 Å². The van der Waals surface area contributed by atoms with E-state index >= 15 is 0 Å². The highest BCUT2D eigenvalue weighted by molar-refractivity contribution is 9.10. The van der Waals surface area contributed by atoms with Crippen molar-refractivity contribution in [3.05, 3.63) is 62.7 Å². The van der Waals surface area contributed by atoms with Crippen molar-refractivity contribution in [1.82, 2.24) is 4.98 Å². The number of aromatic amines is 1. The predicted octanol–water partition coefficient (Wildman–Crippen LogP) is 6.45. The van der Waals surface area contributed by atoms with Gasteiger partial charge < -0.3 is 20.4 Å². The minimum absolute atomic E-state index is 0.0267. The van der Waals surface area contributed by atoms with Gasteiger partial charge in [-0.2, -0.15) is 0 Å². The van der Waals surface area contributed by atoms with Crippen molar-refractivity contribution in [3.8, 4) is 0 Å². The fourth-order valence-electron chi connectivity index (χ4n) is 3.61. The Morgan fingerprint density at radius 3 is 2.77 bits per heavy atom. The quantitative estimate of drug-likeness (QED) is 0.360. The molecule has 0 fully saturated rings. The van der Waals surface area contributed by atoms with Gasteiger partial charge >= 0.3 is 5.97 Å². The Kier molecular flexibility index (Phi) is 5.71. The fraction of sp³-hybridized carbons (Fsp3) is 0.250. The van der Waals surface area contributed by atoms with Crippen LogP contribution in [-0.2, 0) is 16.0 Å². The Hall–Kier alpha value is -2.57. The zero-order valence-electron chi connectivity index (χ0n) is 17.5. The molecule has 1 heterocycles. The van der Waals surface area contributed by atoms with Gasteiger partial charge in [-0.05, 0) is 68.3 Å². The highest BCUT2D eigenvalue weighted by Crippen LogP contribution is 2.34. The Balaban J connectivity index is 1.60. The highest BCUT2D eigenvalue weighted by Gasteiger charge is 2.21. The second-order valence-electron chi connectivity index (χ2n) is 8.60. The molecule has 0 amide bonds. The van der Waals surface area contributed by atoms with Gasteiger partial charge in [0.15, 0.2) is 0 Å². The van der Waals surface area contributed by atoms with Crippen molar-refractivity contribution in [2.24, 2.45) is 0 Å². The number of hydrogen-bond donors (Lipinski definition) is 3. The van der Waals surface area contributed by atoms with Gasteiger partial charge in [0.05, 0.1) is 10.7 Å². The first-order valence-corrected chi connectivity index (χ1v) is 11.1. The second-order valence-corrected chi connectivity index (χ2v) is 9.92. The van der Waals surface area contributed by atoms with Gasteiger partial charge in [0.2, 0.25) is 0 Å². The van der Waals surface area contributed by atoms with Crippen LogP contribution < -0.4 is 5.32 Å². The van der Waals surface area contributed by atoms with Gasteiger partial charge in [-0.1, -0.05) is 33.6 Å². The average molecular weight is 501 g/mol. The van der Waals surface area contributed by atoms with Crippen LogP contribution in [0, 0.1) is 5.41 Å². The largest absolute Gasteiger partial charge is 0.459 e. The molecular weight excluding hydrogens is 478 g/mol. The number of rotatable bonds is 4. The van der Waals surface area contributed by atoms with E-state index in [1.54, 1.807) is 0 Å². The number of aromatic nitrogens is 1. The first kappa shape index (κ1) is 21.7. The summed E-state index contributed by atoms with van der Waals surface area (Å²) in [5.41, 5.74) is 5.39. The summed E-state index contributed by atoms with van der Waals surface area (Å²) in [6, 6.07) is 11.9. The van der Waals surface area contributed by atoms with Crippen molar-refractivity contribution >= 4 is 67.5 Å². The van der Waals surface area contributed by atoms with Crippen molar-refractivity contribution in [2.75, 3.05) is 11.9 Å². The number of allylic oxidation sites excluding steroid dienone is 1. The van der Waals surface area contributed by atoms with E-state index in [0.29, 0.717) is 22.8 Å². The molecule has 4 rings (SSSR count). The average Bonchev–Trinajstić information content (AvgIpc) is 3.07. The molecule has 0 unspecified atom stereocenters. The maximum absolute atomic E-state index is 12.0. The summed E-state index contributed by atoms with van der Waals surface area (Å²) in [4.78, 5) is 15.4. The van der Waals surface area contributed by atoms with Crippen LogP contribution in [0.4, 0.5) is 5.69 Å². The number of nitrogens with one attached hydrogen (secondary N) is 3. The van der Waals surface area contributed by atoms with Crippen molar-refractivity contribution in [1.29, 1.82) is 5.41 Å². The SMILES string of the molecule is CC(C)(C)OC(=O)CNc1cc2c(cc1Cl)C=C(c1cc3ccc(Br)cc3[nH]1)C(=N)C2. The lowest BCUT2D eigenvalue weighted by Gasteiger charge is -2.21. The van der Waals surface area contributed by atoms with Crippen LogP contribution in [0.2, 0.25) is 5.02 Å². The van der Waals surface area contributed by atoms with Crippen molar-refractivity contribution < 1.29 is 9.53 Å². The molecule has 31 heavy (non-hydrogen) atoms. The van der Waals surface area contributed by atoms with E-state index in [2.05, 4.69) is 32.3 Å². The number of carbonyl (C=O) groups is 1. The monoisotopic (exact) mass is 499 g/mol. The van der Waals surface area contributed by atoms with E-state index in [4.69, 9.17) is 21.7 Å². The zero-order valence-corrected chi connectivity index (χ0v) is 19.9. The molecule has 0 atom stereocenters. The highest BCUT2D eigenvalue weighted by atomic mass is 79.9. The summed E-state index contributed by atoms with van der Waals surface area (Å²) < 4.78 is 6.33. The molecule has 0 saturated heterocycles. The standard InChI is InChI=1S/C24H23BrClN3O2/c1-24(2,3)31-23(30)12-28-22-10-15-8-19(27)17(6-14(15)7-18(22)26)21-9-13-4-5-16(25)11-20(13)29-21/h4-7,9-11,27-29H,8,12H2,1-3H3.